The molecule has 5 rings (SSSR count). The highest BCUT2D eigenvalue weighted by atomic mass is 16.7. The van der Waals surface area contributed by atoms with Gasteiger partial charge in [0.25, 0.3) is 0 Å². The van der Waals surface area contributed by atoms with Crippen LogP contribution in [0.4, 0.5) is 11.8 Å². The molecule has 0 amide bonds. The summed E-state index contributed by atoms with van der Waals surface area (Å²) >= 11 is 0. The Hall–Kier alpha value is -3.03. The quantitative estimate of drug-likeness (QED) is 0.734. The predicted molar refractivity (Wildman–Crippen MR) is 102 cm³/mol. The molecule has 2 aromatic heterocycles. The lowest BCUT2D eigenvalue weighted by Crippen LogP contribution is -2.43. The average Bonchev–Trinajstić information content (AvgIpc) is 3.29. The molecule has 0 saturated carbocycles. The van der Waals surface area contributed by atoms with E-state index < -0.39 is 0 Å². The van der Waals surface area contributed by atoms with Crippen LogP contribution >= 0.6 is 0 Å². The second-order valence-electron chi connectivity index (χ2n) is 7.74. The molecule has 27 heavy (non-hydrogen) atoms. The molecule has 0 radical (unpaired) electrons. The van der Waals surface area contributed by atoms with Crippen molar-refractivity contribution in [2.45, 2.75) is 26.2 Å². The number of nitrogens with two attached hydrogens (primary N) is 1. The minimum atomic E-state index is 0.127. The van der Waals surface area contributed by atoms with Gasteiger partial charge in [-0.2, -0.15) is 15.1 Å². The molecule has 1 saturated heterocycles. The van der Waals surface area contributed by atoms with Crippen molar-refractivity contribution in [3.63, 3.8) is 0 Å². The Kier molecular flexibility index (Phi) is 3.60. The third-order valence-electron chi connectivity index (χ3n) is 5.46. The monoisotopic (exact) mass is 366 g/mol. The van der Waals surface area contributed by atoms with Gasteiger partial charge in [-0.25, -0.2) is 0 Å². The van der Waals surface area contributed by atoms with Crippen LogP contribution in [-0.2, 0) is 6.42 Å². The zero-order chi connectivity index (χ0) is 18.4. The molecule has 1 unspecified atom stereocenters. The van der Waals surface area contributed by atoms with Gasteiger partial charge >= 0.3 is 0 Å². The fourth-order valence-electron chi connectivity index (χ4n) is 4.26. The van der Waals surface area contributed by atoms with Gasteiger partial charge in [-0.3, -0.25) is 5.10 Å². The van der Waals surface area contributed by atoms with E-state index in [0.29, 0.717) is 12.4 Å². The van der Waals surface area contributed by atoms with Crippen molar-refractivity contribution in [3.05, 3.63) is 30.0 Å². The van der Waals surface area contributed by atoms with Crippen LogP contribution in [-0.4, -0.2) is 40.0 Å². The normalized spacial score (nSPS) is 21.7. The predicted octanol–water partition coefficient (Wildman–Crippen LogP) is 2.51. The van der Waals surface area contributed by atoms with E-state index in [1.165, 1.54) is 5.56 Å². The first-order valence-electron chi connectivity index (χ1n) is 9.20. The van der Waals surface area contributed by atoms with Crippen LogP contribution in [0.5, 0.6) is 11.5 Å². The second kappa shape index (κ2) is 6.00. The Bertz CT molecular complexity index is 1000. The molecule has 0 bridgehead atoms. The van der Waals surface area contributed by atoms with E-state index in [2.05, 4.69) is 44.1 Å². The van der Waals surface area contributed by atoms with E-state index in [0.717, 1.165) is 55.1 Å². The van der Waals surface area contributed by atoms with Gasteiger partial charge in [0.05, 0.1) is 11.6 Å². The number of H-pyrrole nitrogens is 1. The number of piperidine rings is 1. The average molecular weight is 366 g/mol. The van der Waals surface area contributed by atoms with Crippen LogP contribution in [0.15, 0.2) is 24.4 Å². The van der Waals surface area contributed by atoms with Crippen LogP contribution in [0, 0.1) is 5.41 Å². The molecule has 3 aromatic rings. The van der Waals surface area contributed by atoms with Crippen molar-refractivity contribution < 1.29 is 9.47 Å². The Balaban J connectivity index is 1.42. The summed E-state index contributed by atoms with van der Waals surface area (Å²) in [6.45, 7) is 4.49. The van der Waals surface area contributed by atoms with Crippen molar-refractivity contribution >= 4 is 22.8 Å². The van der Waals surface area contributed by atoms with Gasteiger partial charge in [0.15, 0.2) is 17.1 Å². The van der Waals surface area contributed by atoms with Crippen molar-refractivity contribution in [1.29, 1.82) is 0 Å². The molecule has 1 fully saturated rings. The zero-order valence-corrected chi connectivity index (χ0v) is 15.2. The number of rotatable bonds is 3. The van der Waals surface area contributed by atoms with E-state index in [4.69, 9.17) is 15.2 Å². The molecule has 0 aliphatic carbocycles. The first-order chi connectivity index (χ1) is 13.1. The van der Waals surface area contributed by atoms with Gasteiger partial charge in [-0.15, -0.1) is 0 Å². The van der Waals surface area contributed by atoms with Gasteiger partial charge in [-0.1, -0.05) is 13.0 Å². The number of fused-ring (bicyclic) bond motifs is 2. The Morgan fingerprint density at radius 3 is 3.07 bits per heavy atom. The van der Waals surface area contributed by atoms with Gasteiger partial charge in [-0.05, 0) is 42.4 Å². The van der Waals surface area contributed by atoms with Gasteiger partial charge < -0.3 is 20.1 Å². The summed E-state index contributed by atoms with van der Waals surface area (Å²) in [5.41, 5.74) is 7.98. The van der Waals surface area contributed by atoms with Crippen LogP contribution in [0.25, 0.3) is 11.0 Å². The second-order valence-corrected chi connectivity index (χ2v) is 7.74. The number of nitrogen functional groups attached to an aromatic ring is 1. The van der Waals surface area contributed by atoms with E-state index in [9.17, 15) is 0 Å². The maximum Gasteiger partial charge on any atom is 0.231 e. The third kappa shape index (κ3) is 2.90. The van der Waals surface area contributed by atoms with Crippen molar-refractivity contribution in [3.8, 4) is 11.5 Å². The highest BCUT2D eigenvalue weighted by Gasteiger charge is 2.33. The SMILES string of the molecule is CC1(Cc2ccc3c(c2)OCO3)CCCN(c2nc(N)nc3[nH]ncc23)C1. The maximum atomic E-state index is 5.91. The molecule has 1 aromatic carbocycles. The van der Waals surface area contributed by atoms with Crippen LogP contribution in [0.3, 0.4) is 0 Å². The highest BCUT2D eigenvalue weighted by Crippen LogP contribution is 2.39. The fraction of sp³-hybridized carbons (Fsp3) is 0.421. The molecule has 8 heteroatoms. The molecule has 8 nitrogen and oxygen atoms in total. The smallest absolute Gasteiger partial charge is 0.231 e. The number of benzene rings is 1. The van der Waals surface area contributed by atoms with Gasteiger partial charge in [0, 0.05) is 13.1 Å². The van der Waals surface area contributed by atoms with Gasteiger partial charge in [0.1, 0.15) is 5.82 Å². The maximum absolute atomic E-state index is 5.91. The minimum Gasteiger partial charge on any atom is -0.454 e. The number of aromatic nitrogens is 4. The molecular weight excluding hydrogens is 344 g/mol. The summed E-state index contributed by atoms with van der Waals surface area (Å²) in [4.78, 5) is 11.0. The van der Waals surface area contributed by atoms with Crippen LogP contribution in [0.2, 0.25) is 0 Å². The number of anilines is 2. The zero-order valence-electron chi connectivity index (χ0n) is 15.2. The Morgan fingerprint density at radius 1 is 1.26 bits per heavy atom. The summed E-state index contributed by atoms with van der Waals surface area (Å²) in [5, 5.41) is 7.90. The van der Waals surface area contributed by atoms with Crippen molar-refractivity contribution in [2.75, 3.05) is 30.5 Å². The number of aromatic amines is 1. The highest BCUT2D eigenvalue weighted by molar-refractivity contribution is 5.87. The molecule has 2 aliphatic heterocycles. The van der Waals surface area contributed by atoms with E-state index in [1.54, 1.807) is 6.20 Å². The number of nitrogens with one attached hydrogen (secondary N) is 1. The third-order valence-corrected chi connectivity index (χ3v) is 5.46. The van der Waals surface area contributed by atoms with Crippen LogP contribution < -0.4 is 20.1 Å². The summed E-state index contributed by atoms with van der Waals surface area (Å²) in [6.07, 6.45) is 5.00. The first-order valence-corrected chi connectivity index (χ1v) is 9.20. The Labute approximate surface area is 156 Å². The van der Waals surface area contributed by atoms with E-state index in [1.807, 2.05) is 6.07 Å². The molecule has 4 heterocycles. The number of nitrogens with zero attached hydrogens (tertiary/aromatic N) is 4. The summed E-state index contributed by atoms with van der Waals surface area (Å²) in [7, 11) is 0. The molecule has 3 N–H and O–H groups in total. The fourth-order valence-corrected chi connectivity index (χ4v) is 4.26. The molecule has 0 spiro atoms. The van der Waals surface area contributed by atoms with Crippen molar-refractivity contribution in [2.24, 2.45) is 5.41 Å². The first kappa shape index (κ1) is 16.2. The number of hydrogen-bond donors (Lipinski definition) is 2. The molecule has 140 valence electrons. The topological polar surface area (TPSA) is 102 Å². The number of ether oxygens (including phenoxy) is 2. The van der Waals surface area contributed by atoms with Gasteiger partial charge in [0.2, 0.25) is 12.7 Å². The number of hydrogen-bond acceptors (Lipinski definition) is 7. The molecule has 2 aliphatic rings. The molecule has 1 atom stereocenters. The molecular formula is C19H22N6O2. The largest absolute Gasteiger partial charge is 0.454 e. The Morgan fingerprint density at radius 2 is 2.15 bits per heavy atom. The summed E-state index contributed by atoms with van der Waals surface area (Å²) < 4.78 is 11.0. The van der Waals surface area contributed by atoms with E-state index in [-0.39, 0.29) is 11.4 Å². The van der Waals surface area contributed by atoms with E-state index >= 15 is 0 Å². The summed E-state index contributed by atoms with van der Waals surface area (Å²) in [6, 6.07) is 6.24. The lowest BCUT2D eigenvalue weighted by Gasteiger charge is -2.41. The standard InChI is InChI=1S/C19H22N6O2/c1-19(8-12-3-4-14-15(7-12)27-11-26-14)5-2-6-25(10-19)17-13-9-21-24-16(13)22-18(20)23-17/h3-4,7,9H,2,5-6,8,10-11H2,1H3,(H3,20,21,22,23,24). The van der Waals surface area contributed by atoms with Crippen LogP contribution in [0.1, 0.15) is 25.3 Å². The summed E-state index contributed by atoms with van der Waals surface area (Å²) in [5.74, 6) is 2.80. The minimum absolute atomic E-state index is 0.127. The lowest BCUT2D eigenvalue weighted by atomic mass is 9.77. The lowest BCUT2D eigenvalue weighted by molar-refractivity contribution is 0.174. The van der Waals surface area contributed by atoms with Crippen molar-refractivity contribution in [1.82, 2.24) is 20.2 Å².